The fourth-order valence-electron chi connectivity index (χ4n) is 7.61. The molecule has 17 heteroatoms. The number of aromatic carboxylic acids is 1. The van der Waals surface area contributed by atoms with Gasteiger partial charge in [-0.1, -0.05) is 30.3 Å². The van der Waals surface area contributed by atoms with E-state index < -0.39 is 83.8 Å². The topological polar surface area (TPSA) is 271 Å². The van der Waals surface area contributed by atoms with Crippen LogP contribution < -0.4 is 21.7 Å². The first-order valence-corrected chi connectivity index (χ1v) is 17.9. The van der Waals surface area contributed by atoms with Crippen LogP contribution in [0, 0.1) is 6.92 Å². The van der Waals surface area contributed by atoms with E-state index in [9.17, 15) is 34.8 Å². The molecule has 0 bridgehead atoms. The molecule has 10 atom stereocenters. The van der Waals surface area contributed by atoms with E-state index in [0.29, 0.717) is 10.9 Å². The first-order chi connectivity index (χ1) is 27.0. The predicted octanol–water partition coefficient (Wildman–Crippen LogP) is 2.82. The van der Waals surface area contributed by atoms with Crippen molar-refractivity contribution in [2.45, 2.75) is 88.5 Å². The average Bonchev–Trinajstić information content (AvgIpc) is 3.16. The van der Waals surface area contributed by atoms with Gasteiger partial charge in [0.15, 0.2) is 18.0 Å². The number of rotatable bonds is 6. The van der Waals surface area contributed by atoms with E-state index >= 15 is 0 Å². The zero-order valence-corrected chi connectivity index (χ0v) is 31.2. The predicted molar refractivity (Wildman–Crippen MR) is 202 cm³/mol. The zero-order valence-electron chi connectivity index (χ0n) is 31.2. The summed E-state index contributed by atoms with van der Waals surface area (Å²) in [6.07, 6.45) is -9.22. The summed E-state index contributed by atoms with van der Waals surface area (Å²) in [5.41, 5.74) is 3.45. The molecule has 0 radical (unpaired) electrons. The largest absolute Gasteiger partial charge is 0.507 e. The van der Waals surface area contributed by atoms with Crippen LogP contribution in [-0.2, 0) is 18.9 Å². The van der Waals surface area contributed by atoms with E-state index in [2.05, 4.69) is 0 Å². The zero-order chi connectivity index (χ0) is 41.2. The molecule has 57 heavy (non-hydrogen) atoms. The molecule has 0 unspecified atom stereocenters. The molecule has 2 fully saturated rings. The lowest BCUT2D eigenvalue weighted by Gasteiger charge is -2.50. The van der Waals surface area contributed by atoms with Gasteiger partial charge in [0.1, 0.15) is 57.7 Å². The molecule has 4 heterocycles. The number of methoxy groups -OCH3 is 1. The number of ether oxygens (including phenoxy) is 5. The van der Waals surface area contributed by atoms with Crippen molar-refractivity contribution in [3.05, 3.63) is 86.6 Å². The molecular weight excluding hydrogens is 750 g/mol. The third kappa shape index (κ3) is 6.61. The van der Waals surface area contributed by atoms with Crippen molar-refractivity contribution >= 4 is 49.5 Å². The number of carboxylic acids is 1. The second-order valence-corrected chi connectivity index (χ2v) is 14.4. The summed E-state index contributed by atoms with van der Waals surface area (Å²) in [6, 6.07) is 12.6. The van der Waals surface area contributed by atoms with E-state index in [1.54, 1.807) is 44.2 Å². The first kappa shape index (κ1) is 39.8. The Morgan fingerprint density at radius 3 is 2.19 bits per heavy atom. The van der Waals surface area contributed by atoms with Gasteiger partial charge in [-0.05, 0) is 57.5 Å². The number of aromatic hydroxyl groups is 2. The second-order valence-electron chi connectivity index (χ2n) is 14.4. The summed E-state index contributed by atoms with van der Waals surface area (Å²) in [6.45, 7) is 6.21. The van der Waals surface area contributed by atoms with Crippen LogP contribution in [0.1, 0.15) is 36.7 Å². The fourth-order valence-corrected chi connectivity index (χ4v) is 7.61. The Hall–Kier alpha value is -5.37. The Morgan fingerprint density at radius 1 is 0.842 bits per heavy atom. The fraction of sp³-hybridized carbons (Fsp3) is 0.375. The van der Waals surface area contributed by atoms with E-state index in [1.165, 1.54) is 45.2 Å². The molecule has 0 amide bonds. The summed E-state index contributed by atoms with van der Waals surface area (Å²) in [5, 5.41) is 62.6. The number of benzene rings is 4. The number of carboxylic acid groups (broad SMARTS) is 1. The van der Waals surface area contributed by atoms with Gasteiger partial charge in [-0.15, -0.1) is 0 Å². The van der Waals surface area contributed by atoms with E-state index in [4.69, 9.17) is 48.5 Å². The molecule has 6 aromatic rings. The van der Waals surface area contributed by atoms with E-state index in [1.807, 2.05) is 0 Å². The standard InChI is InChI=1S/C33H35NO13.C7H6O3/c1-11-9-10-16-19-17(11)29(38)46-25-18-14(24(36)21(20(19)25)30(39)44-16)7-6-8-15(18)45-32-28(33(4,40)27(37)13(3)43-32)47-31-22(34)26(41-5)23(35)12(2)42-31;8-6-4-2-1-3-5(6)7(9)10/h6-10,12-13,22-23,26-28,31-32,35-37,40H,34H2,1-5H3;1-4,8H,(H,9,10)/t12-,13-,22-,23+,26-,27+,28+,31-,32+,33+;/m1./s1. The molecule has 8 N–H and O–H groups in total. The number of phenols is 2. The minimum atomic E-state index is -1.99. The van der Waals surface area contributed by atoms with Crippen molar-refractivity contribution in [2.24, 2.45) is 5.73 Å². The maximum atomic E-state index is 13.4. The van der Waals surface area contributed by atoms with Crippen molar-refractivity contribution in [1.82, 2.24) is 0 Å². The third-order valence-electron chi connectivity index (χ3n) is 10.7. The second kappa shape index (κ2) is 14.9. The lowest BCUT2D eigenvalue weighted by Crippen LogP contribution is -2.69. The van der Waals surface area contributed by atoms with Gasteiger partial charge in [-0.25, -0.2) is 14.4 Å². The number of para-hydroxylation sites is 1. The number of aryl methyl sites for hydroxylation is 1. The lowest BCUT2D eigenvalue weighted by atomic mass is 9.86. The van der Waals surface area contributed by atoms with Gasteiger partial charge in [-0.3, -0.25) is 0 Å². The minimum Gasteiger partial charge on any atom is -0.507 e. The van der Waals surface area contributed by atoms with Crippen molar-refractivity contribution in [1.29, 1.82) is 0 Å². The Bertz CT molecular complexity index is 2600. The molecule has 8 rings (SSSR count). The average molecular weight is 792 g/mol. The minimum absolute atomic E-state index is 0.0328. The highest BCUT2D eigenvalue weighted by Crippen LogP contribution is 2.46. The summed E-state index contributed by atoms with van der Waals surface area (Å²) in [4.78, 5) is 36.8. The van der Waals surface area contributed by atoms with Crippen LogP contribution in [0.3, 0.4) is 0 Å². The smallest absolute Gasteiger partial charge is 0.348 e. The Balaban J connectivity index is 0.000000434. The maximum absolute atomic E-state index is 13.4. The highest BCUT2D eigenvalue weighted by Gasteiger charge is 2.56. The number of aliphatic hydroxyl groups is 3. The van der Waals surface area contributed by atoms with Gasteiger partial charge in [-0.2, -0.15) is 0 Å². The number of nitrogens with two attached hydrogens (primary N) is 1. The summed E-state index contributed by atoms with van der Waals surface area (Å²) in [7, 11) is 1.39. The van der Waals surface area contributed by atoms with Crippen LogP contribution in [-0.4, -0.2) is 105 Å². The van der Waals surface area contributed by atoms with Crippen LogP contribution in [0.4, 0.5) is 0 Å². The monoisotopic (exact) mass is 791 g/mol. The number of carbonyl (C=O) groups is 1. The van der Waals surface area contributed by atoms with Crippen LogP contribution in [0.25, 0.3) is 43.5 Å². The molecule has 302 valence electrons. The van der Waals surface area contributed by atoms with Gasteiger partial charge < -0.3 is 68.9 Å². The van der Waals surface area contributed by atoms with Gasteiger partial charge >= 0.3 is 17.2 Å². The Labute approximate surface area is 322 Å². The van der Waals surface area contributed by atoms with Crippen molar-refractivity contribution in [3.63, 3.8) is 0 Å². The molecule has 2 aliphatic rings. The number of hydrogen-bond donors (Lipinski definition) is 7. The van der Waals surface area contributed by atoms with Crippen molar-refractivity contribution in [2.75, 3.05) is 7.11 Å². The van der Waals surface area contributed by atoms with Crippen LogP contribution in [0.2, 0.25) is 0 Å². The summed E-state index contributed by atoms with van der Waals surface area (Å²) >= 11 is 0. The molecule has 0 spiro atoms. The first-order valence-electron chi connectivity index (χ1n) is 17.9. The van der Waals surface area contributed by atoms with E-state index in [-0.39, 0.29) is 55.2 Å². The molecule has 2 aliphatic heterocycles. The Morgan fingerprint density at radius 2 is 1.53 bits per heavy atom. The number of phenolic OH excluding ortho intramolecular Hbond substituents is 1. The van der Waals surface area contributed by atoms with Crippen molar-refractivity contribution in [3.8, 4) is 17.2 Å². The van der Waals surface area contributed by atoms with Crippen LogP contribution in [0.5, 0.6) is 17.2 Å². The van der Waals surface area contributed by atoms with Gasteiger partial charge in [0.2, 0.25) is 6.29 Å². The maximum Gasteiger partial charge on any atom is 0.348 e. The van der Waals surface area contributed by atoms with Gasteiger partial charge in [0.05, 0.1) is 29.0 Å². The highest BCUT2D eigenvalue weighted by molar-refractivity contribution is 6.28. The molecule has 17 nitrogen and oxygen atoms in total. The third-order valence-corrected chi connectivity index (χ3v) is 10.7. The number of aliphatic hydroxyl groups excluding tert-OH is 2. The van der Waals surface area contributed by atoms with Gasteiger partial charge in [0, 0.05) is 23.3 Å². The normalized spacial score (nSPS) is 29.1. The quantitative estimate of drug-likeness (QED) is 0.0726. The molecular formula is C40H41NO16. The molecule has 4 aromatic carbocycles. The van der Waals surface area contributed by atoms with Crippen molar-refractivity contribution < 1.29 is 68.0 Å². The number of hydrogen-bond acceptors (Lipinski definition) is 16. The molecule has 0 aliphatic carbocycles. The highest BCUT2D eigenvalue weighted by atomic mass is 16.7. The lowest BCUT2D eigenvalue weighted by molar-refractivity contribution is -0.356. The molecule has 2 aromatic heterocycles. The number of fused-ring (bicyclic) bond motifs is 2. The van der Waals surface area contributed by atoms with Crippen LogP contribution in [0.15, 0.2) is 73.0 Å². The summed E-state index contributed by atoms with van der Waals surface area (Å²) < 4.78 is 41.2. The van der Waals surface area contributed by atoms with Crippen LogP contribution >= 0.6 is 0 Å². The SMILES string of the molecule is CO[C@@H]1[C@@H](N)[C@@H](O[C@H]2[C@H](Oc3cccc4c(O)c5c(=O)oc6ccc(C)c7c(=O)oc(c34)c5c67)O[C@H](C)[C@H](O)[C@]2(C)O)O[C@H](C)[C@@H]1O.O=C(O)c1ccccc1O. The van der Waals surface area contributed by atoms with Gasteiger partial charge in [0.25, 0.3) is 0 Å². The Kier molecular flexibility index (Phi) is 10.4. The van der Waals surface area contributed by atoms with E-state index in [0.717, 1.165) is 0 Å². The molecule has 0 saturated carbocycles. The molecule has 2 saturated heterocycles. The summed E-state index contributed by atoms with van der Waals surface area (Å²) in [5.74, 6) is -1.70.